The summed E-state index contributed by atoms with van der Waals surface area (Å²) in [4.78, 5) is 1.40. The van der Waals surface area contributed by atoms with Gasteiger partial charge in [0.15, 0.2) is 0 Å². The Bertz CT molecular complexity index is 513. The van der Waals surface area contributed by atoms with Crippen molar-refractivity contribution >= 4 is 27.3 Å². The fraction of sp³-hybridized carbons (Fsp3) is 0.333. The number of benzene rings is 1. The molecule has 0 bridgehead atoms. The molecule has 1 aromatic carbocycles. The van der Waals surface area contributed by atoms with Gasteiger partial charge in [-0.15, -0.1) is 11.3 Å². The lowest BCUT2D eigenvalue weighted by atomic mass is 9.99. The molecule has 18 heavy (non-hydrogen) atoms. The first-order valence-electron chi connectivity index (χ1n) is 6.07. The highest BCUT2D eigenvalue weighted by Crippen LogP contribution is 2.28. The maximum atomic E-state index is 3.61. The van der Waals surface area contributed by atoms with Crippen molar-refractivity contribution in [3.63, 3.8) is 0 Å². The molecule has 1 atom stereocenters. The van der Waals surface area contributed by atoms with E-state index in [1.165, 1.54) is 26.0 Å². The molecular formula is C15H18BrNS. The average molecular weight is 324 g/mol. The van der Waals surface area contributed by atoms with Gasteiger partial charge in [-0.05, 0) is 53.8 Å². The second-order valence-corrected chi connectivity index (χ2v) is 6.51. The molecule has 0 radical (unpaired) electrons. The van der Waals surface area contributed by atoms with Crippen LogP contribution in [0.1, 0.15) is 27.6 Å². The largest absolute Gasteiger partial charge is 0.313 e. The van der Waals surface area contributed by atoms with Crippen LogP contribution in [0.3, 0.4) is 0 Å². The molecule has 1 nitrogen and oxygen atoms in total. The van der Waals surface area contributed by atoms with E-state index >= 15 is 0 Å². The second kappa shape index (κ2) is 6.00. The van der Waals surface area contributed by atoms with E-state index in [2.05, 4.69) is 64.7 Å². The van der Waals surface area contributed by atoms with Crippen LogP contribution >= 0.6 is 27.3 Å². The van der Waals surface area contributed by atoms with Gasteiger partial charge in [0.05, 0.1) is 0 Å². The standard InChI is InChI=1S/C15H18BrNS/c1-10-6-11(2)8-12(7-10)14(17-3)9-15-13(16)4-5-18-15/h4-8,14,17H,9H2,1-3H3. The number of likely N-dealkylation sites (N-methyl/N-ethyl adjacent to an activating group) is 1. The van der Waals surface area contributed by atoms with E-state index in [1.807, 2.05) is 18.4 Å². The van der Waals surface area contributed by atoms with Crippen LogP contribution in [0.5, 0.6) is 0 Å². The van der Waals surface area contributed by atoms with Crippen molar-refractivity contribution in [2.45, 2.75) is 26.3 Å². The number of aryl methyl sites for hydroxylation is 2. The summed E-state index contributed by atoms with van der Waals surface area (Å²) in [6.07, 6.45) is 1.03. The molecule has 0 spiro atoms. The van der Waals surface area contributed by atoms with E-state index in [0.29, 0.717) is 6.04 Å². The Hall–Kier alpha value is -0.640. The second-order valence-electron chi connectivity index (χ2n) is 4.66. The number of halogens is 1. The van der Waals surface area contributed by atoms with Crippen LogP contribution < -0.4 is 5.32 Å². The molecule has 1 unspecified atom stereocenters. The van der Waals surface area contributed by atoms with E-state index in [0.717, 1.165) is 6.42 Å². The highest BCUT2D eigenvalue weighted by atomic mass is 79.9. The Labute approximate surface area is 121 Å². The quantitative estimate of drug-likeness (QED) is 0.864. The third kappa shape index (κ3) is 3.22. The van der Waals surface area contributed by atoms with Crippen molar-refractivity contribution in [3.8, 4) is 0 Å². The van der Waals surface area contributed by atoms with Crippen LogP contribution in [0.25, 0.3) is 0 Å². The van der Waals surface area contributed by atoms with Gasteiger partial charge in [-0.2, -0.15) is 0 Å². The molecule has 0 saturated carbocycles. The number of nitrogens with one attached hydrogen (secondary N) is 1. The van der Waals surface area contributed by atoms with Crippen molar-refractivity contribution in [2.24, 2.45) is 0 Å². The molecule has 1 heterocycles. The first-order chi connectivity index (χ1) is 8.60. The molecule has 0 fully saturated rings. The molecule has 0 aliphatic carbocycles. The van der Waals surface area contributed by atoms with Gasteiger partial charge in [0.2, 0.25) is 0 Å². The van der Waals surface area contributed by atoms with Gasteiger partial charge >= 0.3 is 0 Å². The summed E-state index contributed by atoms with van der Waals surface area (Å²) in [6, 6.07) is 9.26. The Kier molecular flexibility index (Phi) is 4.60. The Morgan fingerprint density at radius 1 is 1.22 bits per heavy atom. The molecule has 1 N–H and O–H groups in total. The fourth-order valence-corrected chi connectivity index (χ4v) is 3.82. The minimum absolute atomic E-state index is 0.374. The number of rotatable bonds is 4. The zero-order chi connectivity index (χ0) is 13.1. The monoisotopic (exact) mass is 323 g/mol. The minimum atomic E-state index is 0.374. The molecule has 0 saturated heterocycles. The molecule has 1 aromatic heterocycles. The van der Waals surface area contributed by atoms with Gasteiger partial charge in [0.25, 0.3) is 0 Å². The summed E-state index contributed by atoms with van der Waals surface area (Å²) < 4.78 is 1.22. The molecule has 0 amide bonds. The van der Waals surface area contributed by atoms with Crippen molar-refractivity contribution in [1.82, 2.24) is 5.32 Å². The summed E-state index contributed by atoms with van der Waals surface area (Å²) in [5.41, 5.74) is 4.03. The number of hydrogen-bond acceptors (Lipinski definition) is 2. The lowest BCUT2D eigenvalue weighted by Crippen LogP contribution is -2.18. The number of hydrogen-bond donors (Lipinski definition) is 1. The zero-order valence-electron chi connectivity index (χ0n) is 11.0. The van der Waals surface area contributed by atoms with Crippen LogP contribution in [-0.2, 0) is 6.42 Å². The SMILES string of the molecule is CNC(Cc1sccc1Br)c1cc(C)cc(C)c1. The van der Waals surface area contributed by atoms with E-state index in [9.17, 15) is 0 Å². The third-order valence-corrected chi connectivity index (χ3v) is 5.02. The van der Waals surface area contributed by atoms with E-state index < -0.39 is 0 Å². The lowest BCUT2D eigenvalue weighted by Gasteiger charge is -2.17. The van der Waals surface area contributed by atoms with E-state index in [-0.39, 0.29) is 0 Å². The van der Waals surface area contributed by atoms with Crippen LogP contribution in [0.15, 0.2) is 34.1 Å². The predicted octanol–water partition coefficient (Wildman–Crippen LogP) is 4.63. The molecule has 0 aliphatic rings. The molecule has 2 rings (SSSR count). The maximum Gasteiger partial charge on any atom is 0.0366 e. The summed E-state index contributed by atoms with van der Waals surface area (Å²) in [5, 5.41) is 5.56. The first kappa shape index (κ1) is 13.8. The van der Waals surface area contributed by atoms with Crippen LogP contribution in [0, 0.1) is 13.8 Å². The minimum Gasteiger partial charge on any atom is -0.313 e. The summed E-state index contributed by atoms with van der Waals surface area (Å²) >= 11 is 5.42. The van der Waals surface area contributed by atoms with Crippen molar-refractivity contribution in [2.75, 3.05) is 7.05 Å². The summed E-state index contributed by atoms with van der Waals surface area (Å²) in [6.45, 7) is 4.31. The third-order valence-electron chi connectivity index (χ3n) is 3.08. The zero-order valence-corrected chi connectivity index (χ0v) is 13.4. The molecule has 3 heteroatoms. The van der Waals surface area contributed by atoms with E-state index in [4.69, 9.17) is 0 Å². The molecule has 96 valence electrons. The molecular weight excluding hydrogens is 306 g/mol. The van der Waals surface area contributed by atoms with Crippen molar-refractivity contribution in [1.29, 1.82) is 0 Å². The first-order valence-corrected chi connectivity index (χ1v) is 7.74. The highest BCUT2D eigenvalue weighted by molar-refractivity contribution is 9.10. The van der Waals surface area contributed by atoms with Crippen molar-refractivity contribution < 1.29 is 0 Å². The average Bonchev–Trinajstić information content (AvgIpc) is 2.70. The van der Waals surface area contributed by atoms with Crippen LogP contribution in [0.2, 0.25) is 0 Å². The van der Waals surface area contributed by atoms with E-state index in [1.54, 1.807) is 0 Å². The Morgan fingerprint density at radius 3 is 2.39 bits per heavy atom. The van der Waals surface area contributed by atoms with Gasteiger partial charge in [0, 0.05) is 21.8 Å². The Balaban J connectivity index is 2.25. The predicted molar refractivity (Wildman–Crippen MR) is 83.4 cm³/mol. The van der Waals surface area contributed by atoms with Gasteiger partial charge in [0.1, 0.15) is 0 Å². The van der Waals surface area contributed by atoms with Crippen molar-refractivity contribution in [3.05, 3.63) is 55.7 Å². The smallest absolute Gasteiger partial charge is 0.0366 e. The topological polar surface area (TPSA) is 12.0 Å². The van der Waals surface area contributed by atoms with Gasteiger partial charge in [-0.1, -0.05) is 29.3 Å². The maximum absolute atomic E-state index is 3.61. The Morgan fingerprint density at radius 2 is 1.89 bits per heavy atom. The number of thiophene rings is 1. The van der Waals surface area contributed by atoms with Gasteiger partial charge < -0.3 is 5.32 Å². The molecule has 0 aliphatic heterocycles. The normalized spacial score (nSPS) is 12.7. The van der Waals surface area contributed by atoms with Gasteiger partial charge in [-0.3, -0.25) is 0 Å². The highest BCUT2D eigenvalue weighted by Gasteiger charge is 2.13. The fourth-order valence-electron chi connectivity index (χ4n) is 2.25. The summed E-state index contributed by atoms with van der Waals surface area (Å²) in [7, 11) is 2.03. The lowest BCUT2D eigenvalue weighted by molar-refractivity contribution is 0.595. The van der Waals surface area contributed by atoms with Gasteiger partial charge in [-0.25, -0.2) is 0 Å². The summed E-state index contributed by atoms with van der Waals surface area (Å²) in [5.74, 6) is 0. The van der Waals surface area contributed by atoms with Crippen LogP contribution in [-0.4, -0.2) is 7.05 Å². The molecule has 2 aromatic rings. The van der Waals surface area contributed by atoms with Crippen LogP contribution in [0.4, 0.5) is 0 Å².